The Labute approximate surface area is 117 Å². The van der Waals surface area contributed by atoms with Gasteiger partial charge >= 0.3 is 5.56 Å². The van der Waals surface area contributed by atoms with Crippen LogP contribution in [-0.4, -0.2) is 9.91 Å². The molecule has 7 nitrogen and oxygen atoms in total. The van der Waals surface area contributed by atoms with Gasteiger partial charge in [0.05, 0.1) is 10.5 Å². The molecule has 2 aromatic carbocycles. The highest BCUT2D eigenvalue weighted by Crippen LogP contribution is 2.18. The molecule has 0 amide bonds. The third-order valence-corrected chi connectivity index (χ3v) is 3.14. The van der Waals surface area contributed by atoms with Crippen LogP contribution in [0.3, 0.4) is 0 Å². The number of aromatic amines is 1. The van der Waals surface area contributed by atoms with Crippen LogP contribution in [0.5, 0.6) is 0 Å². The van der Waals surface area contributed by atoms with Gasteiger partial charge in [0, 0.05) is 18.2 Å². The van der Waals surface area contributed by atoms with E-state index < -0.39 is 10.5 Å². The number of nitrogens with one attached hydrogen (secondary N) is 1. The molecule has 104 valence electrons. The van der Waals surface area contributed by atoms with Gasteiger partial charge in [-0.25, -0.2) is 0 Å². The van der Waals surface area contributed by atoms with Crippen LogP contribution in [0.15, 0.2) is 53.3 Å². The average Bonchev–Trinajstić information content (AvgIpc) is 2.48. The number of rotatable bonds is 2. The van der Waals surface area contributed by atoms with Crippen molar-refractivity contribution in [3.05, 3.63) is 74.2 Å². The average molecular weight is 283 g/mol. The van der Waals surface area contributed by atoms with E-state index in [1.165, 1.54) is 24.3 Å². The second-order valence-electron chi connectivity index (χ2n) is 4.42. The highest BCUT2D eigenvalue weighted by molar-refractivity contribution is 5.72. The maximum Gasteiger partial charge on any atom is 0.322 e. The van der Waals surface area contributed by atoms with Gasteiger partial charge in [-0.3, -0.25) is 14.9 Å². The van der Waals surface area contributed by atoms with Crippen LogP contribution in [0, 0.1) is 15.3 Å². The number of nitrogens with zero attached hydrogens (tertiary/aromatic N) is 2. The molecule has 0 aliphatic carbocycles. The molecule has 7 heteroatoms. The van der Waals surface area contributed by atoms with Gasteiger partial charge in [-0.15, -0.1) is 0 Å². The summed E-state index contributed by atoms with van der Waals surface area (Å²) in [5, 5.41) is 23.0. The predicted octanol–water partition coefficient (Wildman–Crippen LogP) is 1.74. The van der Waals surface area contributed by atoms with Crippen molar-refractivity contribution in [2.24, 2.45) is 0 Å². The molecule has 0 spiro atoms. The summed E-state index contributed by atoms with van der Waals surface area (Å²) >= 11 is 0. The van der Waals surface area contributed by atoms with E-state index in [1.807, 2.05) is 0 Å². The minimum atomic E-state index is -0.544. The minimum absolute atomic E-state index is 0.0939. The zero-order valence-corrected chi connectivity index (χ0v) is 10.6. The quantitative estimate of drug-likeness (QED) is 0.335. The fourth-order valence-electron chi connectivity index (χ4n) is 2.14. The number of nitro benzene ring substituents is 1. The number of non-ortho nitro benzene ring substituents is 1. The van der Waals surface area contributed by atoms with Crippen molar-refractivity contribution in [2.45, 2.75) is 0 Å². The van der Waals surface area contributed by atoms with Crippen LogP contribution >= 0.6 is 0 Å². The highest BCUT2D eigenvalue weighted by atomic mass is 16.6. The predicted molar refractivity (Wildman–Crippen MR) is 75.6 cm³/mol. The summed E-state index contributed by atoms with van der Waals surface area (Å²) in [7, 11) is 0. The first-order valence-corrected chi connectivity index (χ1v) is 6.07. The van der Waals surface area contributed by atoms with Crippen LogP contribution < -0.4 is 10.3 Å². The minimum Gasteiger partial charge on any atom is -0.618 e. The summed E-state index contributed by atoms with van der Waals surface area (Å²) in [6, 6.07) is 11.9. The fourth-order valence-corrected chi connectivity index (χ4v) is 2.14. The van der Waals surface area contributed by atoms with Gasteiger partial charge in [-0.1, -0.05) is 12.1 Å². The normalized spacial score (nSPS) is 10.7. The Hall–Kier alpha value is -3.22. The van der Waals surface area contributed by atoms with Gasteiger partial charge in [-0.2, -0.15) is 4.73 Å². The van der Waals surface area contributed by atoms with E-state index in [-0.39, 0.29) is 11.4 Å². The number of nitro groups is 1. The summed E-state index contributed by atoms with van der Waals surface area (Å²) in [4.78, 5) is 24.8. The number of hydrogen-bond acceptors (Lipinski definition) is 4. The molecule has 3 aromatic rings. The van der Waals surface area contributed by atoms with E-state index in [2.05, 4.69) is 4.98 Å². The van der Waals surface area contributed by atoms with E-state index in [0.717, 1.165) is 0 Å². The van der Waals surface area contributed by atoms with Crippen LogP contribution in [0.2, 0.25) is 0 Å². The number of para-hydroxylation sites is 2. The summed E-state index contributed by atoms with van der Waals surface area (Å²) in [5.41, 5.74) is 0.339. The summed E-state index contributed by atoms with van der Waals surface area (Å²) < 4.78 is 0.537. The Balaban J connectivity index is 2.24. The van der Waals surface area contributed by atoms with Gasteiger partial charge < -0.3 is 10.2 Å². The van der Waals surface area contributed by atoms with E-state index in [1.54, 1.807) is 24.3 Å². The van der Waals surface area contributed by atoms with E-state index >= 15 is 0 Å². The highest BCUT2D eigenvalue weighted by Gasteiger charge is 2.19. The molecule has 0 aliphatic rings. The molecular weight excluding hydrogens is 274 g/mol. The molecule has 1 N–H and O–H groups in total. The van der Waals surface area contributed by atoms with Crippen molar-refractivity contribution in [2.75, 3.05) is 0 Å². The second-order valence-corrected chi connectivity index (χ2v) is 4.42. The Bertz CT molecular complexity index is 900. The lowest BCUT2D eigenvalue weighted by Crippen LogP contribution is -2.37. The number of fused-ring (bicyclic) bond motifs is 1. The van der Waals surface area contributed by atoms with Crippen LogP contribution in [0.4, 0.5) is 5.69 Å². The standard InChI is InChI=1S/C14H9N3O4/c18-14-13(9-5-7-10(8-6-9)17(20)21)16(19)12-4-2-1-3-11(12)15-14/h1-8H,(H,15,18). The van der Waals surface area contributed by atoms with Crippen LogP contribution in [0.25, 0.3) is 22.3 Å². The van der Waals surface area contributed by atoms with Gasteiger partial charge in [0.2, 0.25) is 5.52 Å². The Morgan fingerprint density at radius 3 is 2.38 bits per heavy atom. The van der Waals surface area contributed by atoms with Gasteiger partial charge in [0.15, 0.2) is 0 Å². The fraction of sp³-hybridized carbons (Fsp3) is 0. The number of H-pyrrole nitrogens is 1. The number of aromatic nitrogens is 2. The Morgan fingerprint density at radius 2 is 1.71 bits per heavy atom. The summed E-state index contributed by atoms with van der Waals surface area (Å²) in [6.45, 7) is 0. The van der Waals surface area contributed by atoms with E-state index in [4.69, 9.17) is 0 Å². The maximum absolute atomic E-state index is 12.3. The molecule has 0 radical (unpaired) electrons. The first kappa shape index (κ1) is 12.8. The second kappa shape index (κ2) is 4.71. The molecule has 0 unspecified atom stereocenters. The van der Waals surface area contributed by atoms with Gasteiger partial charge in [-0.05, 0) is 18.2 Å². The van der Waals surface area contributed by atoms with Crippen LogP contribution in [-0.2, 0) is 0 Å². The molecule has 3 rings (SSSR count). The van der Waals surface area contributed by atoms with Crippen molar-refractivity contribution in [1.29, 1.82) is 0 Å². The van der Waals surface area contributed by atoms with E-state index in [0.29, 0.717) is 21.3 Å². The van der Waals surface area contributed by atoms with Crippen molar-refractivity contribution in [1.82, 2.24) is 4.98 Å². The van der Waals surface area contributed by atoms with Crippen LogP contribution in [0.1, 0.15) is 0 Å². The van der Waals surface area contributed by atoms with Crippen molar-refractivity contribution >= 4 is 16.7 Å². The van der Waals surface area contributed by atoms with Gasteiger partial charge in [0.1, 0.15) is 5.52 Å². The van der Waals surface area contributed by atoms with E-state index in [9.17, 15) is 20.1 Å². The third-order valence-electron chi connectivity index (χ3n) is 3.14. The summed E-state index contributed by atoms with van der Waals surface area (Å²) in [5.74, 6) is 0. The Morgan fingerprint density at radius 1 is 1.05 bits per heavy atom. The first-order chi connectivity index (χ1) is 10.1. The lowest BCUT2D eigenvalue weighted by molar-refractivity contribution is -0.566. The molecule has 21 heavy (non-hydrogen) atoms. The molecule has 0 aliphatic heterocycles. The van der Waals surface area contributed by atoms with Crippen molar-refractivity contribution in [3.8, 4) is 11.3 Å². The molecule has 0 saturated heterocycles. The molecule has 0 bridgehead atoms. The zero-order valence-electron chi connectivity index (χ0n) is 10.6. The van der Waals surface area contributed by atoms with Crippen molar-refractivity contribution < 1.29 is 9.65 Å². The maximum atomic E-state index is 12.3. The zero-order chi connectivity index (χ0) is 15.0. The topological polar surface area (TPSA) is 103 Å². The Kier molecular flexibility index (Phi) is 2.87. The number of benzene rings is 2. The van der Waals surface area contributed by atoms with Gasteiger partial charge in [0.25, 0.3) is 11.4 Å². The molecule has 0 atom stereocenters. The van der Waals surface area contributed by atoms with Crippen molar-refractivity contribution in [3.63, 3.8) is 0 Å². The summed E-state index contributed by atoms with van der Waals surface area (Å²) in [6.07, 6.45) is 0. The molecule has 1 aromatic heterocycles. The molecule has 0 fully saturated rings. The molecule has 0 saturated carbocycles. The SMILES string of the molecule is O=c1[nH]c2ccccc2[n+]([O-])c1-c1ccc([N+](=O)[O-])cc1. The molecule has 1 heterocycles. The monoisotopic (exact) mass is 283 g/mol. The first-order valence-electron chi connectivity index (χ1n) is 6.07. The largest absolute Gasteiger partial charge is 0.618 e. The lowest BCUT2D eigenvalue weighted by Gasteiger charge is -2.06. The molecular formula is C14H9N3O4. The smallest absolute Gasteiger partial charge is 0.322 e. The lowest BCUT2D eigenvalue weighted by atomic mass is 10.1. The third kappa shape index (κ3) is 2.10. The number of hydrogen-bond donors (Lipinski definition) is 1.